The summed E-state index contributed by atoms with van der Waals surface area (Å²) in [5.41, 5.74) is -0.413. The standard InChI is InChI=1S/C15H28N2O3/c1-9(10(2)19-6)16-13-11-7-17(8-12(11)13)14(18)20-15(3,4)5/h9-13,16H,7-8H2,1-6H3. The van der Waals surface area contributed by atoms with Gasteiger partial charge in [-0.25, -0.2) is 4.79 Å². The fraction of sp³-hybridized carbons (Fsp3) is 0.933. The van der Waals surface area contributed by atoms with E-state index in [1.54, 1.807) is 7.11 Å². The molecular formula is C15H28N2O3. The number of piperidine rings is 1. The molecule has 2 aliphatic rings. The number of likely N-dealkylation sites (tertiary alicyclic amines) is 1. The van der Waals surface area contributed by atoms with Gasteiger partial charge in [0.2, 0.25) is 0 Å². The second-order valence-electron chi connectivity index (χ2n) is 7.13. The number of ether oxygens (including phenoxy) is 2. The highest BCUT2D eigenvalue weighted by atomic mass is 16.6. The van der Waals surface area contributed by atoms with Crippen molar-refractivity contribution in [3.8, 4) is 0 Å². The van der Waals surface area contributed by atoms with E-state index in [2.05, 4.69) is 19.2 Å². The molecule has 0 aromatic heterocycles. The number of fused-ring (bicyclic) bond motifs is 1. The minimum atomic E-state index is -0.413. The van der Waals surface area contributed by atoms with Gasteiger partial charge in [-0.3, -0.25) is 0 Å². The van der Waals surface area contributed by atoms with Crippen LogP contribution in [0.4, 0.5) is 4.79 Å². The third-order valence-corrected chi connectivity index (χ3v) is 4.38. The van der Waals surface area contributed by atoms with E-state index in [-0.39, 0.29) is 12.2 Å². The first-order chi connectivity index (χ1) is 9.23. The third-order valence-electron chi connectivity index (χ3n) is 4.38. The second kappa shape index (κ2) is 5.53. The molecule has 116 valence electrons. The number of carbonyl (C=O) groups excluding carboxylic acids is 1. The number of amides is 1. The van der Waals surface area contributed by atoms with Gasteiger partial charge < -0.3 is 19.7 Å². The third kappa shape index (κ3) is 3.44. The molecule has 20 heavy (non-hydrogen) atoms. The Morgan fingerprint density at radius 3 is 2.25 bits per heavy atom. The van der Waals surface area contributed by atoms with E-state index < -0.39 is 5.60 Å². The minimum Gasteiger partial charge on any atom is -0.444 e. The van der Waals surface area contributed by atoms with Crippen molar-refractivity contribution in [3.05, 3.63) is 0 Å². The molecule has 0 aromatic rings. The molecular weight excluding hydrogens is 256 g/mol. The van der Waals surface area contributed by atoms with E-state index in [0.717, 1.165) is 13.1 Å². The molecule has 0 radical (unpaired) electrons. The van der Waals surface area contributed by atoms with Gasteiger partial charge in [-0.1, -0.05) is 0 Å². The monoisotopic (exact) mass is 284 g/mol. The largest absolute Gasteiger partial charge is 0.444 e. The van der Waals surface area contributed by atoms with E-state index in [0.29, 0.717) is 23.9 Å². The normalized spacial score (nSPS) is 31.7. The molecule has 1 N–H and O–H groups in total. The van der Waals surface area contributed by atoms with E-state index in [1.807, 2.05) is 25.7 Å². The Morgan fingerprint density at radius 2 is 1.80 bits per heavy atom. The van der Waals surface area contributed by atoms with Gasteiger partial charge in [0.1, 0.15) is 5.60 Å². The molecule has 4 unspecified atom stereocenters. The predicted molar refractivity (Wildman–Crippen MR) is 77.6 cm³/mol. The summed E-state index contributed by atoms with van der Waals surface area (Å²) < 4.78 is 10.7. The van der Waals surface area contributed by atoms with Crippen LogP contribution in [0.5, 0.6) is 0 Å². The Bertz CT molecular complexity index is 355. The fourth-order valence-electron chi connectivity index (χ4n) is 2.89. The van der Waals surface area contributed by atoms with Crippen molar-refractivity contribution in [1.82, 2.24) is 10.2 Å². The van der Waals surface area contributed by atoms with E-state index >= 15 is 0 Å². The molecule has 0 aromatic carbocycles. The SMILES string of the molecule is COC(C)C(C)NC1C2CN(C(=O)OC(C)(C)C)CC21. The van der Waals surface area contributed by atoms with Gasteiger partial charge in [-0.05, 0) is 46.5 Å². The Morgan fingerprint density at radius 1 is 1.25 bits per heavy atom. The lowest BCUT2D eigenvalue weighted by Gasteiger charge is -2.27. The molecule has 1 aliphatic carbocycles. The van der Waals surface area contributed by atoms with Crippen molar-refractivity contribution in [2.75, 3.05) is 20.2 Å². The molecule has 2 fully saturated rings. The lowest BCUT2D eigenvalue weighted by molar-refractivity contribution is 0.0265. The molecule has 4 atom stereocenters. The summed E-state index contributed by atoms with van der Waals surface area (Å²) in [6, 6.07) is 0.867. The van der Waals surface area contributed by atoms with Crippen LogP contribution < -0.4 is 5.32 Å². The van der Waals surface area contributed by atoms with Crippen LogP contribution >= 0.6 is 0 Å². The second-order valence-corrected chi connectivity index (χ2v) is 7.13. The molecule has 5 heteroatoms. The van der Waals surface area contributed by atoms with E-state index in [1.165, 1.54) is 0 Å². The van der Waals surface area contributed by atoms with Crippen LogP contribution in [0.25, 0.3) is 0 Å². The Balaban J connectivity index is 1.75. The number of hydrogen-bond acceptors (Lipinski definition) is 4. The van der Waals surface area contributed by atoms with Gasteiger partial charge in [0, 0.05) is 32.3 Å². The molecule has 1 saturated heterocycles. The van der Waals surface area contributed by atoms with Crippen LogP contribution in [-0.4, -0.2) is 55.0 Å². The first-order valence-corrected chi connectivity index (χ1v) is 7.49. The molecule has 1 saturated carbocycles. The van der Waals surface area contributed by atoms with Crippen molar-refractivity contribution < 1.29 is 14.3 Å². The lowest BCUT2D eigenvalue weighted by Crippen LogP contribution is -2.43. The van der Waals surface area contributed by atoms with Crippen LogP contribution in [0.2, 0.25) is 0 Å². The van der Waals surface area contributed by atoms with E-state index in [4.69, 9.17) is 9.47 Å². The van der Waals surface area contributed by atoms with Gasteiger partial charge in [0.25, 0.3) is 0 Å². The number of nitrogens with zero attached hydrogens (tertiary/aromatic N) is 1. The minimum absolute atomic E-state index is 0.179. The summed E-state index contributed by atoms with van der Waals surface area (Å²) in [6.45, 7) is 11.5. The summed E-state index contributed by atoms with van der Waals surface area (Å²) in [6.07, 6.45) is 0.0278. The summed E-state index contributed by atoms with van der Waals surface area (Å²) in [5.74, 6) is 1.16. The van der Waals surface area contributed by atoms with Gasteiger partial charge in [0.05, 0.1) is 6.10 Å². The first-order valence-electron chi connectivity index (χ1n) is 7.49. The Kier molecular flexibility index (Phi) is 4.30. The Hall–Kier alpha value is -0.810. The number of nitrogens with one attached hydrogen (secondary N) is 1. The molecule has 5 nitrogen and oxygen atoms in total. The molecule has 0 bridgehead atoms. The van der Waals surface area contributed by atoms with Crippen molar-refractivity contribution in [3.63, 3.8) is 0 Å². The maximum absolute atomic E-state index is 12.0. The number of rotatable bonds is 4. The highest BCUT2D eigenvalue weighted by Crippen LogP contribution is 2.46. The van der Waals surface area contributed by atoms with Crippen molar-refractivity contribution >= 4 is 6.09 Å². The molecule has 2 rings (SSSR count). The van der Waals surface area contributed by atoms with Crippen molar-refractivity contribution in [2.45, 2.75) is 58.4 Å². The zero-order valence-electron chi connectivity index (χ0n) is 13.5. The number of methoxy groups -OCH3 is 1. The summed E-state index contributed by atoms with van der Waals surface area (Å²) in [7, 11) is 1.74. The fourth-order valence-corrected chi connectivity index (χ4v) is 2.89. The van der Waals surface area contributed by atoms with Gasteiger partial charge >= 0.3 is 6.09 Å². The maximum atomic E-state index is 12.0. The van der Waals surface area contributed by atoms with Gasteiger partial charge in [-0.2, -0.15) is 0 Å². The smallest absolute Gasteiger partial charge is 0.410 e. The van der Waals surface area contributed by atoms with Crippen LogP contribution in [0.1, 0.15) is 34.6 Å². The highest BCUT2D eigenvalue weighted by Gasteiger charge is 2.57. The molecule has 1 aliphatic heterocycles. The predicted octanol–water partition coefficient (Wildman–Crippen LogP) is 1.86. The van der Waals surface area contributed by atoms with Crippen LogP contribution in [0.15, 0.2) is 0 Å². The maximum Gasteiger partial charge on any atom is 0.410 e. The van der Waals surface area contributed by atoms with Crippen LogP contribution in [-0.2, 0) is 9.47 Å². The van der Waals surface area contributed by atoms with Gasteiger partial charge in [-0.15, -0.1) is 0 Å². The summed E-state index contributed by atoms with van der Waals surface area (Å²) >= 11 is 0. The highest BCUT2D eigenvalue weighted by molar-refractivity contribution is 5.69. The lowest BCUT2D eigenvalue weighted by atomic mass is 10.2. The molecule has 0 spiro atoms. The Labute approximate surface area is 122 Å². The zero-order chi connectivity index (χ0) is 15.1. The number of hydrogen-bond donors (Lipinski definition) is 1. The first kappa shape index (κ1) is 15.6. The topological polar surface area (TPSA) is 50.8 Å². The summed E-state index contributed by atoms with van der Waals surface area (Å²) in [4.78, 5) is 13.8. The van der Waals surface area contributed by atoms with E-state index in [9.17, 15) is 4.79 Å². The van der Waals surface area contributed by atoms with Crippen LogP contribution in [0, 0.1) is 11.8 Å². The number of carbonyl (C=O) groups is 1. The van der Waals surface area contributed by atoms with Crippen LogP contribution in [0.3, 0.4) is 0 Å². The zero-order valence-corrected chi connectivity index (χ0v) is 13.5. The molecule has 1 amide bonds. The van der Waals surface area contributed by atoms with Crippen molar-refractivity contribution in [2.24, 2.45) is 11.8 Å². The average Bonchev–Trinajstić information content (AvgIpc) is 2.80. The average molecular weight is 284 g/mol. The quantitative estimate of drug-likeness (QED) is 0.856. The van der Waals surface area contributed by atoms with Crippen molar-refractivity contribution in [1.29, 1.82) is 0 Å². The summed E-state index contributed by atoms with van der Waals surface area (Å²) in [5, 5.41) is 3.61. The van der Waals surface area contributed by atoms with Gasteiger partial charge in [0.15, 0.2) is 0 Å². The molecule has 1 heterocycles.